The number of hydrogen-bond donors (Lipinski definition) is 1. The average molecular weight is 298 g/mol. The molecule has 0 spiro atoms. The Balaban J connectivity index is 1.83. The van der Waals surface area contributed by atoms with E-state index in [9.17, 15) is 5.11 Å². The van der Waals surface area contributed by atoms with E-state index in [0.29, 0.717) is 39.6 Å². The van der Waals surface area contributed by atoms with Crippen molar-refractivity contribution in [2.24, 2.45) is 0 Å². The van der Waals surface area contributed by atoms with Gasteiger partial charge >= 0.3 is 0 Å². The van der Waals surface area contributed by atoms with E-state index in [2.05, 4.69) is 0 Å². The van der Waals surface area contributed by atoms with Gasteiger partial charge in [-0.25, -0.2) is 0 Å². The summed E-state index contributed by atoms with van der Waals surface area (Å²) in [6.07, 6.45) is -0.411. The molecule has 5 nitrogen and oxygen atoms in total. The van der Waals surface area contributed by atoms with Crippen molar-refractivity contribution < 1.29 is 24.1 Å². The van der Waals surface area contributed by atoms with Crippen LogP contribution in [0.3, 0.4) is 0 Å². The zero-order chi connectivity index (χ0) is 13.1. The number of ether oxygens (including phenoxy) is 4. The van der Waals surface area contributed by atoms with Crippen molar-refractivity contribution in [3.8, 4) is 0 Å². The zero-order valence-corrected chi connectivity index (χ0v) is 12.3. The molecule has 0 aromatic heterocycles. The van der Waals surface area contributed by atoms with Crippen molar-refractivity contribution in [1.29, 1.82) is 0 Å². The summed E-state index contributed by atoms with van der Waals surface area (Å²) in [4.78, 5) is 0. The first kappa shape index (κ1) is 16.6. The van der Waals surface area contributed by atoms with Gasteiger partial charge in [-0.1, -0.05) is 21.6 Å². The van der Waals surface area contributed by atoms with Crippen LogP contribution in [0.1, 0.15) is 0 Å². The van der Waals surface area contributed by atoms with E-state index in [4.69, 9.17) is 18.9 Å². The Bertz CT molecular complexity index is 196. The van der Waals surface area contributed by atoms with Crippen LogP contribution in [0, 0.1) is 0 Å². The Hall–Kier alpha value is 0.500. The summed E-state index contributed by atoms with van der Waals surface area (Å²) < 4.78 is 21.0. The molecule has 1 rings (SSSR count). The monoisotopic (exact) mass is 298 g/mol. The molecule has 0 aromatic carbocycles. The van der Waals surface area contributed by atoms with Gasteiger partial charge < -0.3 is 24.1 Å². The fraction of sp³-hybridized carbons (Fsp3) is 1.00. The summed E-state index contributed by atoms with van der Waals surface area (Å²) >= 11 is 0. The van der Waals surface area contributed by atoms with Crippen LogP contribution in [-0.2, 0) is 18.9 Å². The molecule has 0 aliphatic carbocycles. The van der Waals surface area contributed by atoms with Crippen molar-refractivity contribution in [3.05, 3.63) is 0 Å². The molecule has 2 unspecified atom stereocenters. The van der Waals surface area contributed by atoms with Crippen molar-refractivity contribution in [2.75, 3.05) is 58.3 Å². The molecule has 7 heteroatoms. The Kier molecular flexibility index (Phi) is 10.4. The number of aliphatic hydroxyl groups excluding tert-OH is 1. The van der Waals surface area contributed by atoms with Gasteiger partial charge in [0, 0.05) is 18.6 Å². The molecule has 1 heterocycles. The fourth-order valence-electron chi connectivity index (χ4n) is 1.33. The van der Waals surface area contributed by atoms with Gasteiger partial charge in [-0.3, -0.25) is 0 Å². The second-order valence-electron chi connectivity index (χ2n) is 3.76. The van der Waals surface area contributed by atoms with Crippen LogP contribution in [0.25, 0.3) is 0 Å². The largest absolute Gasteiger partial charge is 0.389 e. The topological polar surface area (TPSA) is 57.2 Å². The van der Waals surface area contributed by atoms with Gasteiger partial charge in [-0.15, -0.1) is 0 Å². The highest BCUT2D eigenvalue weighted by atomic mass is 33.1. The molecular weight excluding hydrogens is 276 g/mol. The van der Waals surface area contributed by atoms with Gasteiger partial charge in [-0.2, -0.15) is 0 Å². The quantitative estimate of drug-likeness (QED) is 0.473. The summed E-state index contributed by atoms with van der Waals surface area (Å²) in [6.45, 7) is 3.39. The number of hydrogen-bond acceptors (Lipinski definition) is 7. The van der Waals surface area contributed by atoms with Crippen LogP contribution >= 0.6 is 21.6 Å². The molecule has 0 radical (unpaired) electrons. The van der Waals surface area contributed by atoms with Crippen molar-refractivity contribution in [1.82, 2.24) is 0 Å². The maximum absolute atomic E-state index is 9.66. The molecule has 1 N–H and O–H groups in total. The summed E-state index contributed by atoms with van der Waals surface area (Å²) in [6, 6.07) is 0. The maximum atomic E-state index is 9.66. The average Bonchev–Trinajstić information content (AvgIpc) is 2.39. The molecule has 2 atom stereocenters. The molecule has 0 saturated carbocycles. The van der Waals surface area contributed by atoms with Crippen LogP contribution in [0.2, 0.25) is 0 Å². The van der Waals surface area contributed by atoms with Gasteiger partial charge in [0.1, 0.15) is 0 Å². The Morgan fingerprint density at radius 2 is 1.56 bits per heavy atom. The number of methoxy groups -OCH3 is 1. The molecule has 1 fully saturated rings. The highest BCUT2D eigenvalue weighted by Crippen LogP contribution is 2.30. The normalized spacial score (nSPS) is 24.3. The lowest BCUT2D eigenvalue weighted by molar-refractivity contribution is -0.0446. The zero-order valence-electron chi connectivity index (χ0n) is 10.7. The van der Waals surface area contributed by atoms with Crippen LogP contribution < -0.4 is 0 Å². The number of rotatable bonds is 10. The summed E-state index contributed by atoms with van der Waals surface area (Å²) in [5.74, 6) is 1.58. The van der Waals surface area contributed by atoms with Gasteiger partial charge in [-0.05, 0) is 0 Å². The van der Waals surface area contributed by atoms with E-state index < -0.39 is 0 Å². The minimum absolute atomic E-state index is 0.0576. The highest BCUT2D eigenvalue weighted by Gasteiger charge is 2.24. The fourth-order valence-corrected chi connectivity index (χ4v) is 3.73. The second kappa shape index (κ2) is 11.3. The molecule has 1 saturated heterocycles. The minimum atomic E-state index is -0.353. The van der Waals surface area contributed by atoms with Gasteiger partial charge in [0.15, 0.2) is 0 Å². The smallest absolute Gasteiger partial charge is 0.0941 e. The highest BCUT2D eigenvalue weighted by molar-refractivity contribution is 8.76. The Morgan fingerprint density at radius 1 is 0.944 bits per heavy atom. The van der Waals surface area contributed by atoms with Crippen molar-refractivity contribution in [3.63, 3.8) is 0 Å². The van der Waals surface area contributed by atoms with E-state index in [1.165, 1.54) is 0 Å². The molecule has 0 bridgehead atoms. The van der Waals surface area contributed by atoms with E-state index >= 15 is 0 Å². The predicted molar refractivity (Wildman–Crippen MR) is 74.2 cm³/mol. The predicted octanol–water partition coefficient (Wildman–Crippen LogP) is 0.807. The van der Waals surface area contributed by atoms with E-state index in [0.717, 1.165) is 11.5 Å². The lowest BCUT2D eigenvalue weighted by Crippen LogP contribution is -2.36. The molecule has 1 aliphatic heterocycles. The summed E-state index contributed by atoms with van der Waals surface area (Å²) in [5.41, 5.74) is 0. The first-order valence-electron chi connectivity index (χ1n) is 6.03. The van der Waals surface area contributed by atoms with Crippen LogP contribution in [0.5, 0.6) is 0 Å². The third-order valence-electron chi connectivity index (χ3n) is 2.35. The summed E-state index contributed by atoms with van der Waals surface area (Å²) in [7, 11) is 5.08. The first-order chi connectivity index (χ1) is 8.84. The first-order valence-corrected chi connectivity index (χ1v) is 8.52. The van der Waals surface area contributed by atoms with Crippen molar-refractivity contribution >= 4 is 21.6 Å². The summed E-state index contributed by atoms with van der Waals surface area (Å²) in [5, 5.41) is 9.66. The van der Waals surface area contributed by atoms with E-state index in [-0.39, 0.29) is 12.2 Å². The third-order valence-corrected chi connectivity index (χ3v) is 4.77. The lowest BCUT2D eigenvalue weighted by atomic mass is 10.2. The van der Waals surface area contributed by atoms with Gasteiger partial charge in [0.05, 0.1) is 51.8 Å². The van der Waals surface area contributed by atoms with Gasteiger partial charge in [0.2, 0.25) is 0 Å². The molecule has 1 aliphatic rings. The molecular formula is C11H22O5S2. The molecule has 18 heavy (non-hydrogen) atoms. The van der Waals surface area contributed by atoms with Crippen molar-refractivity contribution in [2.45, 2.75) is 12.2 Å². The minimum Gasteiger partial charge on any atom is -0.389 e. The van der Waals surface area contributed by atoms with Crippen LogP contribution in [0.4, 0.5) is 0 Å². The van der Waals surface area contributed by atoms with Crippen LogP contribution in [0.15, 0.2) is 0 Å². The molecule has 108 valence electrons. The second-order valence-corrected chi connectivity index (χ2v) is 6.32. The molecule has 0 amide bonds. The van der Waals surface area contributed by atoms with E-state index in [1.807, 2.05) is 0 Å². The van der Waals surface area contributed by atoms with Crippen LogP contribution in [-0.4, -0.2) is 75.6 Å². The Labute approximate surface area is 116 Å². The standard InChI is InChI=1S/C11H22O5S2/c1-13-2-3-14-4-5-15-6-7-16-11-9-18-17-8-10(11)12/h10-12H,2-9H2,1H3. The Morgan fingerprint density at radius 3 is 2.22 bits per heavy atom. The SMILES string of the molecule is COCCOCCOCCOC1CSSCC1O. The van der Waals surface area contributed by atoms with Gasteiger partial charge in [0.25, 0.3) is 0 Å². The lowest BCUT2D eigenvalue weighted by Gasteiger charge is -2.26. The maximum Gasteiger partial charge on any atom is 0.0941 e. The number of aliphatic hydroxyl groups is 1. The van der Waals surface area contributed by atoms with E-state index in [1.54, 1.807) is 28.7 Å². The third kappa shape index (κ3) is 7.83. The molecule has 0 aromatic rings.